The summed E-state index contributed by atoms with van der Waals surface area (Å²) in [7, 11) is 0. The van der Waals surface area contributed by atoms with Gasteiger partial charge in [-0.3, -0.25) is 9.78 Å². The number of aromatic nitrogens is 1. The predicted molar refractivity (Wildman–Crippen MR) is 85.1 cm³/mol. The molecule has 0 saturated heterocycles. The number of nitrogens with zero attached hydrogens (tertiary/aromatic N) is 1. The van der Waals surface area contributed by atoms with Crippen molar-refractivity contribution in [2.24, 2.45) is 11.7 Å². The number of halogens is 2. The van der Waals surface area contributed by atoms with Gasteiger partial charge in [-0.05, 0) is 30.9 Å². The summed E-state index contributed by atoms with van der Waals surface area (Å²) in [6.45, 7) is 0.502. The molecule has 2 unspecified atom stereocenters. The molecule has 2 atom stereocenters. The number of carbonyl (C=O) groups is 1. The van der Waals surface area contributed by atoms with E-state index < -0.39 is 0 Å². The van der Waals surface area contributed by atoms with Crippen LogP contribution in [0.3, 0.4) is 0 Å². The summed E-state index contributed by atoms with van der Waals surface area (Å²) in [5.41, 5.74) is 6.93. The molecule has 1 fully saturated rings. The average Bonchev–Trinajstić information content (AvgIpc) is 2.40. The molecule has 0 radical (unpaired) electrons. The maximum absolute atomic E-state index is 11.8. The summed E-state index contributed by atoms with van der Waals surface area (Å²) in [5, 5.41) is 2.91. The van der Waals surface area contributed by atoms with E-state index in [1.54, 1.807) is 6.20 Å². The van der Waals surface area contributed by atoms with E-state index in [0.29, 0.717) is 18.9 Å². The van der Waals surface area contributed by atoms with Crippen molar-refractivity contribution in [1.82, 2.24) is 10.3 Å². The van der Waals surface area contributed by atoms with Crippen molar-refractivity contribution in [3.8, 4) is 0 Å². The number of nitrogens with one attached hydrogen (secondary N) is 1. The predicted octanol–water partition coefficient (Wildman–Crippen LogP) is 2.45. The van der Waals surface area contributed by atoms with Gasteiger partial charge in [-0.1, -0.05) is 18.9 Å². The molecule has 3 N–H and O–H groups in total. The quantitative estimate of drug-likeness (QED) is 0.895. The molecule has 0 spiro atoms. The first-order chi connectivity index (χ1) is 8.75. The highest BCUT2D eigenvalue weighted by Gasteiger charge is 2.23. The van der Waals surface area contributed by atoms with Crippen molar-refractivity contribution in [3.05, 3.63) is 30.1 Å². The zero-order valence-electron chi connectivity index (χ0n) is 11.5. The standard InChI is InChI=1S/C14H21N3O.2ClH/c15-13-7-2-1-5-11(13)9-14(18)17-10-12-6-3-4-8-16-12;;/h3-4,6,8,11,13H,1-2,5,7,9-10,15H2,(H,17,18);2*1H. The minimum Gasteiger partial charge on any atom is -0.350 e. The number of carbonyl (C=O) groups excluding carboxylic acids is 1. The lowest BCUT2D eigenvalue weighted by molar-refractivity contribution is -0.122. The van der Waals surface area contributed by atoms with Crippen LogP contribution in [-0.4, -0.2) is 16.9 Å². The number of hydrogen-bond donors (Lipinski definition) is 2. The van der Waals surface area contributed by atoms with Gasteiger partial charge in [-0.2, -0.15) is 0 Å². The molecule has 20 heavy (non-hydrogen) atoms. The third-order valence-corrected chi connectivity index (χ3v) is 3.61. The van der Waals surface area contributed by atoms with E-state index in [0.717, 1.165) is 18.5 Å². The topological polar surface area (TPSA) is 68.0 Å². The molecule has 4 nitrogen and oxygen atoms in total. The van der Waals surface area contributed by atoms with Gasteiger partial charge in [0.15, 0.2) is 0 Å². The van der Waals surface area contributed by atoms with Crippen LogP contribution < -0.4 is 11.1 Å². The molecular formula is C14H23Cl2N3O. The number of amides is 1. The number of rotatable bonds is 4. The van der Waals surface area contributed by atoms with Gasteiger partial charge in [0.05, 0.1) is 12.2 Å². The molecular weight excluding hydrogens is 297 g/mol. The van der Waals surface area contributed by atoms with Crippen LogP contribution in [0.25, 0.3) is 0 Å². The Morgan fingerprint density at radius 3 is 2.70 bits per heavy atom. The fourth-order valence-electron chi connectivity index (χ4n) is 2.49. The summed E-state index contributed by atoms with van der Waals surface area (Å²) in [5.74, 6) is 0.436. The lowest BCUT2D eigenvalue weighted by Gasteiger charge is -2.27. The van der Waals surface area contributed by atoms with Crippen molar-refractivity contribution in [2.75, 3.05) is 0 Å². The number of hydrogen-bond acceptors (Lipinski definition) is 3. The van der Waals surface area contributed by atoms with Crippen LogP contribution in [0.4, 0.5) is 0 Å². The molecule has 1 aromatic heterocycles. The smallest absolute Gasteiger partial charge is 0.220 e. The van der Waals surface area contributed by atoms with E-state index in [4.69, 9.17) is 5.73 Å². The van der Waals surface area contributed by atoms with E-state index in [2.05, 4.69) is 10.3 Å². The lowest BCUT2D eigenvalue weighted by atomic mass is 9.83. The van der Waals surface area contributed by atoms with Crippen molar-refractivity contribution >= 4 is 30.7 Å². The zero-order valence-corrected chi connectivity index (χ0v) is 13.1. The first kappa shape index (κ1) is 19.2. The van der Waals surface area contributed by atoms with Crippen LogP contribution >= 0.6 is 24.8 Å². The van der Waals surface area contributed by atoms with Gasteiger partial charge in [0.1, 0.15) is 0 Å². The highest BCUT2D eigenvalue weighted by atomic mass is 35.5. The molecule has 2 rings (SSSR count). The van der Waals surface area contributed by atoms with Crippen molar-refractivity contribution < 1.29 is 4.79 Å². The summed E-state index contributed by atoms with van der Waals surface area (Å²) < 4.78 is 0. The Bertz CT molecular complexity index is 389. The van der Waals surface area contributed by atoms with Crippen LogP contribution in [0.2, 0.25) is 0 Å². The Morgan fingerprint density at radius 2 is 2.05 bits per heavy atom. The summed E-state index contributed by atoms with van der Waals surface area (Å²) >= 11 is 0. The van der Waals surface area contributed by atoms with Gasteiger partial charge >= 0.3 is 0 Å². The second-order valence-corrected chi connectivity index (χ2v) is 5.01. The first-order valence-electron chi connectivity index (χ1n) is 6.68. The van der Waals surface area contributed by atoms with E-state index in [-0.39, 0.29) is 36.8 Å². The zero-order chi connectivity index (χ0) is 12.8. The summed E-state index contributed by atoms with van der Waals surface area (Å²) in [4.78, 5) is 16.0. The Balaban J connectivity index is 0.00000180. The fourth-order valence-corrected chi connectivity index (χ4v) is 2.49. The third-order valence-electron chi connectivity index (χ3n) is 3.61. The van der Waals surface area contributed by atoms with Crippen molar-refractivity contribution in [3.63, 3.8) is 0 Å². The van der Waals surface area contributed by atoms with Crippen LogP contribution in [0.5, 0.6) is 0 Å². The molecule has 1 aromatic rings. The van der Waals surface area contributed by atoms with Gasteiger partial charge in [0.25, 0.3) is 0 Å². The molecule has 6 heteroatoms. The molecule has 0 bridgehead atoms. The van der Waals surface area contributed by atoms with Gasteiger partial charge in [0, 0.05) is 18.7 Å². The minimum absolute atomic E-state index is 0. The normalized spacial score (nSPS) is 21.2. The molecule has 1 aliphatic carbocycles. The van der Waals surface area contributed by atoms with Crippen LogP contribution in [0.15, 0.2) is 24.4 Å². The third kappa shape index (κ3) is 6.07. The van der Waals surface area contributed by atoms with E-state index in [9.17, 15) is 4.79 Å². The average molecular weight is 320 g/mol. The van der Waals surface area contributed by atoms with Gasteiger partial charge in [0.2, 0.25) is 5.91 Å². The summed E-state index contributed by atoms with van der Waals surface area (Å²) in [6.07, 6.45) is 6.82. The Labute approximate surface area is 132 Å². The Kier molecular flexibility index (Phi) is 9.55. The molecule has 1 amide bonds. The number of nitrogens with two attached hydrogens (primary N) is 1. The SMILES string of the molecule is Cl.Cl.NC1CCCCC1CC(=O)NCc1ccccn1. The van der Waals surface area contributed by atoms with Gasteiger partial charge in [-0.25, -0.2) is 0 Å². The fraction of sp³-hybridized carbons (Fsp3) is 0.571. The first-order valence-corrected chi connectivity index (χ1v) is 6.68. The Hall–Kier alpha value is -0.840. The van der Waals surface area contributed by atoms with Gasteiger partial charge in [-0.15, -0.1) is 24.8 Å². The number of pyridine rings is 1. The lowest BCUT2D eigenvalue weighted by Crippen LogP contribution is -2.37. The van der Waals surface area contributed by atoms with E-state index >= 15 is 0 Å². The molecule has 114 valence electrons. The largest absolute Gasteiger partial charge is 0.350 e. The van der Waals surface area contributed by atoms with Crippen molar-refractivity contribution in [2.45, 2.75) is 44.7 Å². The molecule has 1 saturated carbocycles. The molecule has 0 aliphatic heterocycles. The van der Waals surface area contributed by atoms with Crippen molar-refractivity contribution in [1.29, 1.82) is 0 Å². The van der Waals surface area contributed by atoms with E-state index in [1.165, 1.54) is 12.8 Å². The monoisotopic (exact) mass is 319 g/mol. The summed E-state index contributed by atoms with van der Waals surface area (Å²) in [6, 6.07) is 5.89. The highest BCUT2D eigenvalue weighted by molar-refractivity contribution is 5.85. The second-order valence-electron chi connectivity index (χ2n) is 5.01. The van der Waals surface area contributed by atoms with Crippen LogP contribution in [0.1, 0.15) is 37.8 Å². The van der Waals surface area contributed by atoms with E-state index in [1.807, 2.05) is 18.2 Å². The highest BCUT2D eigenvalue weighted by Crippen LogP contribution is 2.25. The minimum atomic E-state index is 0. The van der Waals surface area contributed by atoms with Crippen LogP contribution in [-0.2, 0) is 11.3 Å². The molecule has 1 heterocycles. The molecule has 0 aromatic carbocycles. The van der Waals surface area contributed by atoms with Crippen LogP contribution in [0, 0.1) is 5.92 Å². The maximum atomic E-state index is 11.8. The van der Waals surface area contributed by atoms with Gasteiger partial charge < -0.3 is 11.1 Å². The maximum Gasteiger partial charge on any atom is 0.220 e. The second kappa shape index (κ2) is 9.97. The molecule has 1 aliphatic rings. The Morgan fingerprint density at radius 1 is 1.30 bits per heavy atom.